The second-order valence-corrected chi connectivity index (χ2v) is 1.22. The summed E-state index contributed by atoms with van der Waals surface area (Å²) in [5.41, 5.74) is 0. The number of rotatable bonds is 0. The summed E-state index contributed by atoms with van der Waals surface area (Å²) in [6.07, 6.45) is 0. The molecule has 0 unspecified atom stereocenters. The van der Waals surface area contributed by atoms with Gasteiger partial charge < -0.3 is 20.1 Å². The van der Waals surface area contributed by atoms with E-state index < -0.39 is 10.4 Å². The molecule has 0 saturated carbocycles. The van der Waals surface area contributed by atoms with Gasteiger partial charge in [0, 0.05) is 10.4 Å². The molecule has 0 aromatic carbocycles. The van der Waals surface area contributed by atoms with Crippen LogP contribution in [0.15, 0.2) is 0 Å². The Hall–Kier alpha value is 3.06. The quantitative estimate of drug-likeness (QED) is 0.222. The summed E-state index contributed by atoms with van der Waals surface area (Å²) in [5, 5.41) is 0. The van der Waals surface area contributed by atoms with Gasteiger partial charge in [-0.3, -0.25) is 8.42 Å². The normalized spacial score (nSPS) is 6.44. The molecule has 6 nitrogen and oxygen atoms in total. The molecule has 0 bridgehead atoms. The van der Waals surface area contributed by atoms with Crippen molar-refractivity contribution in [1.82, 2.24) is 0 Å². The maximum atomic E-state index is 8.52. The molecular weight excluding hydrogens is 206 g/mol. The monoisotopic (exact) mass is 210 g/mol. The van der Waals surface area contributed by atoms with Gasteiger partial charge in [-0.2, -0.15) is 0 Å². The molecule has 9 heteroatoms. The minimum Gasteiger partial charge on any atom is -0.759 e. The molecule has 0 saturated heterocycles. The van der Waals surface area contributed by atoms with Crippen LogP contribution in [-0.4, -0.2) is 28.5 Å². The first-order valence-electron chi connectivity index (χ1n) is 0.667. The van der Waals surface area contributed by atoms with E-state index in [0.717, 1.165) is 0 Å². The van der Waals surface area contributed by atoms with Crippen molar-refractivity contribution in [2.45, 2.75) is 0 Å². The van der Waals surface area contributed by atoms with Crippen molar-refractivity contribution >= 4 is 10.4 Å². The van der Waals surface area contributed by atoms with Gasteiger partial charge in [0.25, 0.3) is 0 Å². The van der Waals surface area contributed by atoms with Gasteiger partial charge in [0.2, 0.25) is 0 Å². The van der Waals surface area contributed by atoms with Gasteiger partial charge in [0.05, 0.1) is 0 Å². The zero-order valence-corrected chi connectivity index (χ0v) is 12.1. The minimum absolute atomic E-state index is 0. The van der Waals surface area contributed by atoms with Crippen molar-refractivity contribution in [3.05, 3.63) is 0 Å². The summed E-state index contributed by atoms with van der Waals surface area (Å²) in [6, 6.07) is 0. The molecule has 0 heterocycles. The van der Waals surface area contributed by atoms with Gasteiger partial charge in [-0.15, -0.1) is 0 Å². The van der Waals surface area contributed by atoms with Crippen LogP contribution in [0.2, 0.25) is 0 Å². The molecule has 0 aliphatic carbocycles. The molecule has 0 radical (unpaired) electrons. The van der Waals surface area contributed by atoms with Crippen LogP contribution >= 0.6 is 0 Å². The number of hydrogen-bond donors (Lipinski definition) is 0. The van der Waals surface area contributed by atoms with Crippen LogP contribution in [-0.2, 0) is 10.4 Å². The van der Waals surface area contributed by atoms with Gasteiger partial charge in [-0.25, -0.2) is 0 Å². The molecule has 4 N–H and O–H groups in total. The Labute approximate surface area is 138 Å². The van der Waals surface area contributed by atoms with Crippen molar-refractivity contribution in [3.63, 3.8) is 0 Å². The van der Waals surface area contributed by atoms with Gasteiger partial charge >= 0.3 is 103 Å². The fourth-order valence-electron chi connectivity index (χ4n) is 0. The topological polar surface area (TPSA) is 143 Å². The summed E-state index contributed by atoms with van der Waals surface area (Å²) in [5.74, 6) is 0. The van der Waals surface area contributed by atoms with E-state index in [1.54, 1.807) is 0 Å². The molecule has 48 valence electrons. The molecule has 0 atom stereocenters. The van der Waals surface area contributed by atoms with Crippen LogP contribution in [0.25, 0.3) is 0 Å². The molecule has 0 amide bonds. The first-order valence-corrected chi connectivity index (χ1v) is 2.00. The minimum atomic E-state index is -5.17. The maximum Gasteiger partial charge on any atom is 1.00 e. The first-order chi connectivity index (χ1) is 2.00. The average Bonchev–Trinajstić information content (AvgIpc) is 0.722. The third-order valence-corrected chi connectivity index (χ3v) is 0. The van der Waals surface area contributed by atoms with Crippen molar-refractivity contribution in [2.75, 3.05) is 0 Å². The van der Waals surface area contributed by atoms with Crippen molar-refractivity contribution in [1.29, 1.82) is 0 Å². The Kier molecular flexibility index (Phi) is 44.8. The third-order valence-electron chi connectivity index (χ3n) is 0. The molecule has 0 aliphatic rings. The Balaban J connectivity index is -0.0000000133. The van der Waals surface area contributed by atoms with E-state index in [4.69, 9.17) is 17.5 Å². The Morgan fingerprint density at radius 1 is 0.889 bits per heavy atom. The predicted octanol–water partition coefficient (Wildman–Crippen LogP) is -8.98. The van der Waals surface area contributed by atoms with Crippen molar-refractivity contribution < 1.29 is 131 Å². The Bertz CT molecular complexity index is 94.2. The van der Waals surface area contributed by atoms with Crippen molar-refractivity contribution in [2.24, 2.45) is 0 Å². The Morgan fingerprint density at radius 2 is 0.889 bits per heavy atom. The van der Waals surface area contributed by atoms with Crippen LogP contribution in [0.5, 0.6) is 0 Å². The zero-order chi connectivity index (χ0) is 4.50. The van der Waals surface area contributed by atoms with Gasteiger partial charge in [-0.1, -0.05) is 0 Å². The summed E-state index contributed by atoms with van der Waals surface area (Å²) in [6.45, 7) is 0. The van der Waals surface area contributed by atoms with Crippen LogP contribution in [0.4, 0.5) is 0 Å². The van der Waals surface area contributed by atoms with E-state index in [9.17, 15) is 0 Å². The van der Waals surface area contributed by atoms with E-state index in [2.05, 4.69) is 0 Å². The van der Waals surface area contributed by atoms with Crippen molar-refractivity contribution in [3.8, 4) is 0 Å². The van der Waals surface area contributed by atoms with Crippen LogP contribution in [0.1, 0.15) is 0 Å². The van der Waals surface area contributed by atoms with Gasteiger partial charge in [0.1, 0.15) is 0 Å². The SMILES string of the molecule is O.O.O=S(=O)([O-])[O-].[K+].[K+]. The van der Waals surface area contributed by atoms with E-state index in [-0.39, 0.29) is 114 Å². The maximum absolute atomic E-state index is 8.52. The molecule has 0 aromatic heterocycles. The molecule has 9 heavy (non-hydrogen) atoms. The molecule has 0 aromatic rings. The van der Waals surface area contributed by atoms with Gasteiger partial charge in [0.15, 0.2) is 0 Å². The smallest absolute Gasteiger partial charge is 0.759 e. The van der Waals surface area contributed by atoms with E-state index >= 15 is 0 Å². The third kappa shape index (κ3) is 96.9. The molecule has 0 spiro atoms. The van der Waals surface area contributed by atoms with Gasteiger partial charge in [-0.05, 0) is 0 Å². The van der Waals surface area contributed by atoms with Crippen LogP contribution < -0.4 is 103 Å². The predicted molar refractivity (Wildman–Crippen MR) is 17.7 cm³/mol. The summed E-state index contributed by atoms with van der Waals surface area (Å²) in [4.78, 5) is 0. The van der Waals surface area contributed by atoms with Crippen LogP contribution in [0.3, 0.4) is 0 Å². The zero-order valence-electron chi connectivity index (χ0n) is 5.04. The summed E-state index contributed by atoms with van der Waals surface area (Å²) in [7, 11) is -5.17. The molecule has 0 aliphatic heterocycles. The fraction of sp³-hybridized carbons (Fsp3) is 0. The second-order valence-electron chi connectivity index (χ2n) is 0.408. The molecular formula is H4K2O6S. The standard InChI is InChI=1S/2K.H2O4S.2H2O/c;;1-5(2,3)4;;/h;;(H2,1,2,3,4);2*1H2/q2*+1;;;/p-2. The van der Waals surface area contributed by atoms with E-state index in [0.29, 0.717) is 0 Å². The molecule has 0 fully saturated rings. The summed E-state index contributed by atoms with van der Waals surface area (Å²) >= 11 is 0. The first kappa shape index (κ1) is 29.6. The van der Waals surface area contributed by atoms with E-state index in [1.165, 1.54) is 0 Å². The van der Waals surface area contributed by atoms with E-state index in [1.807, 2.05) is 0 Å². The Morgan fingerprint density at radius 3 is 0.889 bits per heavy atom. The largest absolute Gasteiger partial charge is 1.00 e. The molecule has 0 rings (SSSR count). The summed E-state index contributed by atoms with van der Waals surface area (Å²) < 4.78 is 34.1. The fourth-order valence-corrected chi connectivity index (χ4v) is 0. The van der Waals surface area contributed by atoms with Crippen LogP contribution in [0, 0.1) is 0 Å². The second kappa shape index (κ2) is 13.6. The average molecular weight is 210 g/mol. The number of hydrogen-bond acceptors (Lipinski definition) is 4.